The summed E-state index contributed by atoms with van der Waals surface area (Å²) < 4.78 is 0. The van der Waals surface area contributed by atoms with Gasteiger partial charge in [0.15, 0.2) is 0 Å². The van der Waals surface area contributed by atoms with Crippen LogP contribution in [0.3, 0.4) is 0 Å². The van der Waals surface area contributed by atoms with Crippen LogP contribution in [0.5, 0.6) is 0 Å². The maximum atomic E-state index is 12.1. The summed E-state index contributed by atoms with van der Waals surface area (Å²) >= 11 is 0. The Bertz CT molecular complexity index is 351. The zero-order chi connectivity index (χ0) is 15.4. The lowest BCUT2D eigenvalue weighted by molar-refractivity contribution is -0.124. The van der Waals surface area contributed by atoms with Gasteiger partial charge in [-0.1, -0.05) is 34.6 Å². The highest BCUT2D eigenvalue weighted by Gasteiger charge is 2.31. The highest BCUT2D eigenvalue weighted by Crippen LogP contribution is 2.22. The van der Waals surface area contributed by atoms with Crippen molar-refractivity contribution in [1.82, 2.24) is 10.2 Å². The van der Waals surface area contributed by atoms with Gasteiger partial charge in [-0.15, -0.1) is 0 Å². The second-order valence-corrected chi connectivity index (χ2v) is 6.97. The Morgan fingerprint density at radius 1 is 1.26 bits per heavy atom. The number of rotatable bonds is 5. The summed E-state index contributed by atoms with van der Waals surface area (Å²) in [6, 6.07) is 2.47. The van der Waals surface area contributed by atoms with Crippen molar-refractivity contribution in [3.8, 4) is 6.07 Å². The Kier molecular flexibility index (Phi) is 6.02. The lowest BCUT2D eigenvalue weighted by Crippen LogP contribution is -2.53. The Labute approximate surface area is 118 Å². The number of hydrogen-bond donors (Lipinski definition) is 1. The average Bonchev–Trinajstić information content (AvgIpc) is 2.25. The van der Waals surface area contributed by atoms with Crippen LogP contribution in [-0.4, -0.2) is 36.0 Å². The molecule has 0 aliphatic carbocycles. The molecule has 1 N–H and O–H groups in total. The lowest BCUT2D eigenvalue weighted by Gasteiger charge is -2.36. The molecule has 0 rings (SSSR count). The summed E-state index contributed by atoms with van der Waals surface area (Å²) in [6.45, 7) is 14.5. The molecule has 0 aliphatic rings. The van der Waals surface area contributed by atoms with Gasteiger partial charge in [0.25, 0.3) is 0 Å². The van der Waals surface area contributed by atoms with Crippen molar-refractivity contribution in [2.24, 2.45) is 11.3 Å². The number of nitriles is 1. The van der Waals surface area contributed by atoms with Gasteiger partial charge in [0.2, 0.25) is 5.91 Å². The van der Waals surface area contributed by atoms with Crippen LogP contribution in [0.1, 0.15) is 48.5 Å². The number of hydrogen-bond acceptors (Lipinski definition) is 3. The van der Waals surface area contributed by atoms with Gasteiger partial charge in [-0.05, 0) is 32.2 Å². The van der Waals surface area contributed by atoms with Crippen LogP contribution in [0.15, 0.2) is 0 Å². The summed E-state index contributed by atoms with van der Waals surface area (Å²) in [4.78, 5) is 14.1. The van der Waals surface area contributed by atoms with Crippen LogP contribution in [0, 0.1) is 22.7 Å². The first-order valence-electron chi connectivity index (χ1n) is 6.86. The van der Waals surface area contributed by atoms with Gasteiger partial charge in [0.1, 0.15) is 5.54 Å². The standard InChI is InChI=1S/C15H29N3O/c1-11(2)15(7,10-16)17-13(19)9-18(8)12(3)14(4,5)6/h11-12H,9H2,1-8H3,(H,17,19)/t12-,15-/m0/s1. The van der Waals surface area contributed by atoms with Gasteiger partial charge in [0.05, 0.1) is 12.6 Å². The molecule has 0 radical (unpaired) electrons. The second kappa shape index (κ2) is 6.38. The maximum Gasteiger partial charge on any atom is 0.235 e. The third-order valence-corrected chi connectivity index (χ3v) is 4.09. The zero-order valence-corrected chi connectivity index (χ0v) is 13.7. The van der Waals surface area contributed by atoms with Gasteiger partial charge in [-0.2, -0.15) is 5.26 Å². The van der Waals surface area contributed by atoms with Crippen LogP contribution in [0.4, 0.5) is 0 Å². The fourth-order valence-corrected chi connectivity index (χ4v) is 1.66. The molecule has 0 spiro atoms. The average molecular weight is 267 g/mol. The van der Waals surface area contributed by atoms with Crippen LogP contribution < -0.4 is 5.32 Å². The molecule has 0 aromatic rings. The predicted octanol–water partition coefficient (Wildman–Crippen LogP) is 2.41. The molecule has 0 bridgehead atoms. The monoisotopic (exact) mass is 267 g/mol. The third-order valence-electron chi connectivity index (χ3n) is 4.09. The van der Waals surface area contributed by atoms with E-state index in [2.05, 4.69) is 39.1 Å². The topological polar surface area (TPSA) is 56.1 Å². The Morgan fingerprint density at radius 3 is 2.05 bits per heavy atom. The van der Waals surface area contributed by atoms with E-state index in [1.54, 1.807) is 6.92 Å². The minimum absolute atomic E-state index is 0.0757. The molecule has 2 atom stereocenters. The van der Waals surface area contributed by atoms with E-state index in [0.717, 1.165) is 0 Å². The minimum Gasteiger partial charge on any atom is -0.337 e. The number of nitrogens with zero attached hydrogens (tertiary/aromatic N) is 2. The van der Waals surface area contributed by atoms with E-state index in [1.165, 1.54) is 0 Å². The van der Waals surface area contributed by atoms with Gasteiger partial charge in [-0.3, -0.25) is 9.69 Å². The molecule has 110 valence electrons. The zero-order valence-electron chi connectivity index (χ0n) is 13.7. The van der Waals surface area contributed by atoms with E-state index >= 15 is 0 Å². The summed E-state index contributed by atoms with van der Waals surface area (Å²) in [5, 5.41) is 12.0. The first kappa shape index (κ1) is 17.9. The summed E-state index contributed by atoms with van der Waals surface area (Å²) in [6.07, 6.45) is 0. The molecule has 0 saturated carbocycles. The number of amides is 1. The molecule has 0 aromatic heterocycles. The Morgan fingerprint density at radius 2 is 1.74 bits per heavy atom. The fraction of sp³-hybridized carbons (Fsp3) is 0.867. The molecule has 0 heterocycles. The molecule has 19 heavy (non-hydrogen) atoms. The van der Waals surface area contributed by atoms with Crippen LogP contribution in [-0.2, 0) is 4.79 Å². The Hall–Kier alpha value is -1.08. The first-order chi connectivity index (χ1) is 8.44. The van der Waals surface area contributed by atoms with Crippen molar-refractivity contribution in [3.05, 3.63) is 0 Å². The van der Waals surface area contributed by atoms with Crippen molar-refractivity contribution < 1.29 is 4.79 Å². The normalized spacial score (nSPS) is 16.9. The highest BCUT2D eigenvalue weighted by molar-refractivity contribution is 5.79. The van der Waals surface area contributed by atoms with E-state index in [4.69, 9.17) is 0 Å². The van der Waals surface area contributed by atoms with Gasteiger partial charge < -0.3 is 5.32 Å². The highest BCUT2D eigenvalue weighted by atomic mass is 16.2. The number of likely N-dealkylation sites (N-methyl/N-ethyl adjacent to an activating group) is 1. The van der Waals surface area contributed by atoms with Crippen LogP contribution >= 0.6 is 0 Å². The molecule has 0 fully saturated rings. The van der Waals surface area contributed by atoms with Crippen LogP contribution in [0.2, 0.25) is 0 Å². The van der Waals surface area contributed by atoms with E-state index in [1.807, 2.05) is 25.8 Å². The van der Waals surface area contributed by atoms with E-state index in [-0.39, 0.29) is 23.3 Å². The van der Waals surface area contributed by atoms with E-state index in [9.17, 15) is 10.1 Å². The van der Waals surface area contributed by atoms with Crippen molar-refractivity contribution in [3.63, 3.8) is 0 Å². The molecule has 0 aromatic carbocycles. The molecule has 4 nitrogen and oxygen atoms in total. The smallest absolute Gasteiger partial charge is 0.235 e. The quantitative estimate of drug-likeness (QED) is 0.832. The van der Waals surface area contributed by atoms with E-state index < -0.39 is 5.54 Å². The maximum absolute atomic E-state index is 12.1. The minimum atomic E-state index is -0.803. The predicted molar refractivity (Wildman–Crippen MR) is 78.5 cm³/mol. The second-order valence-electron chi connectivity index (χ2n) is 6.97. The van der Waals surface area contributed by atoms with Crippen molar-refractivity contribution in [2.45, 2.75) is 60.0 Å². The SMILES string of the molecule is CC(C)[C@](C)(C#N)NC(=O)CN(C)[C@@H](C)C(C)(C)C. The van der Waals surface area contributed by atoms with Gasteiger partial charge in [-0.25, -0.2) is 0 Å². The summed E-state index contributed by atoms with van der Waals surface area (Å²) in [5.74, 6) is -0.0249. The third kappa shape index (κ3) is 5.20. The molecular formula is C15H29N3O. The van der Waals surface area contributed by atoms with Crippen LogP contribution in [0.25, 0.3) is 0 Å². The van der Waals surface area contributed by atoms with E-state index in [0.29, 0.717) is 6.54 Å². The molecular weight excluding hydrogens is 238 g/mol. The van der Waals surface area contributed by atoms with Gasteiger partial charge in [0, 0.05) is 6.04 Å². The van der Waals surface area contributed by atoms with Crippen molar-refractivity contribution in [1.29, 1.82) is 5.26 Å². The summed E-state index contributed by atoms with van der Waals surface area (Å²) in [5.41, 5.74) is -0.686. The number of carbonyl (C=O) groups is 1. The molecule has 0 aliphatic heterocycles. The van der Waals surface area contributed by atoms with Gasteiger partial charge >= 0.3 is 0 Å². The summed E-state index contributed by atoms with van der Waals surface area (Å²) in [7, 11) is 1.94. The molecule has 4 heteroatoms. The molecule has 0 saturated heterocycles. The molecule has 1 amide bonds. The Balaban J connectivity index is 4.61. The fourth-order valence-electron chi connectivity index (χ4n) is 1.66. The van der Waals surface area contributed by atoms with Crippen molar-refractivity contribution in [2.75, 3.05) is 13.6 Å². The number of nitrogens with one attached hydrogen (secondary N) is 1. The molecule has 0 unspecified atom stereocenters. The largest absolute Gasteiger partial charge is 0.337 e. The first-order valence-corrected chi connectivity index (χ1v) is 6.86. The van der Waals surface area contributed by atoms with Crippen molar-refractivity contribution >= 4 is 5.91 Å². The lowest BCUT2D eigenvalue weighted by atomic mass is 9.87. The number of carbonyl (C=O) groups excluding carboxylic acids is 1.